The van der Waals surface area contributed by atoms with Gasteiger partial charge in [-0.3, -0.25) is 0 Å². The summed E-state index contributed by atoms with van der Waals surface area (Å²) in [6.45, 7) is 4.65. The molecule has 0 spiro atoms. The van der Waals surface area contributed by atoms with Crippen LogP contribution in [0.1, 0.15) is 25.0 Å². The molecular weight excluding hydrogens is 508 g/mol. The maximum absolute atomic E-state index is 11.2. The molecule has 4 fully saturated rings. The lowest BCUT2D eigenvalue weighted by Gasteiger charge is -2.45. The first-order valence-corrected chi connectivity index (χ1v) is 13.4. The quantitative estimate of drug-likeness (QED) is 0.485. The van der Waals surface area contributed by atoms with Gasteiger partial charge in [0.2, 0.25) is 0 Å². The van der Waals surface area contributed by atoms with Crippen molar-refractivity contribution in [2.75, 3.05) is 13.2 Å². The van der Waals surface area contributed by atoms with E-state index < -0.39 is 67.2 Å². The van der Waals surface area contributed by atoms with Gasteiger partial charge < -0.3 is 48.1 Å². The van der Waals surface area contributed by atoms with E-state index in [2.05, 4.69) is 0 Å². The minimum Gasteiger partial charge on any atom is -0.387 e. The Bertz CT molecular complexity index is 1070. The van der Waals surface area contributed by atoms with Crippen LogP contribution in [0.2, 0.25) is 0 Å². The van der Waals surface area contributed by atoms with Gasteiger partial charge in [0.25, 0.3) is 0 Å². The lowest BCUT2D eigenvalue weighted by molar-refractivity contribution is -0.338. The molecule has 0 unspecified atom stereocenters. The van der Waals surface area contributed by atoms with Crippen LogP contribution in [0.3, 0.4) is 0 Å². The lowest BCUT2D eigenvalue weighted by Crippen LogP contribution is -2.63. The predicted octanol–water partition coefficient (Wildman–Crippen LogP) is 1.90. The molecule has 212 valence electrons. The summed E-state index contributed by atoms with van der Waals surface area (Å²) in [4.78, 5) is 0. The molecule has 39 heavy (non-hydrogen) atoms. The third-order valence-corrected chi connectivity index (χ3v) is 7.47. The number of benzene rings is 2. The molecular formula is C29H36O10. The van der Waals surface area contributed by atoms with Gasteiger partial charge >= 0.3 is 0 Å². The van der Waals surface area contributed by atoms with Crippen molar-refractivity contribution < 1.29 is 48.1 Å². The SMILES string of the molecule is CC1(C)O[C@@H]2[C@H](O1)[C@@H]1OC[C@@H](O1)[C@H]2O[C@@H]1O[C@H](COCc2ccccc2)[C@@H](OCc2ccccc2)[C@H](O)[C@H]1O. The molecule has 10 heteroatoms. The van der Waals surface area contributed by atoms with Gasteiger partial charge in [-0.1, -0.05) is 60.7 Å². The molecule has 2 bridgehead atoms. The van der Waals surface area contributed by atoms with Crippen LogP contribution in [-0.4, -0.2) is 90.6 Å². The highest BCUT2D eigenvalue weighted by molar-refractivity contribution is 5.14. The van der Waals surface area contributed by atoms with Gasteiger partial charge in [0, 0.05) is 0 Å². The van der Waals surface area contributed by atoms with E-state index in [9.17, 15) is 10.2 Å². The molecule has 4 aliphatic heterocycles. The van der Waals surface area contributed by atoms with Crippen LogP contribution in [0.5, 0.6) is 0 Å². The molecule has 0 radical (unpaired) electrons. The van der Waals surface area contributed by atoms with Crippen molar-refractivity contribution >= 4 is 0 Å². The molecule has 2 aromatic rings. The molecule has 0 saturated carbocycles. The monoisotopic (exact) mass is 544 g/mol. The summed E-state index contributed by atoms with van der Waals surface area (Å²) in [6, 6.07) is 19.4. The van der Waals surface area contributed by atoms with Crippen molar-refractivity contribution in [3.8, 4) is 0 Å². The Balaban J connectivity index is 1.17. The van der Waals surface area contributed by atoms with Gasteiger partial charge in [0.05, 0.1) is 26.4 Å². The summed E-state index contributed by atoms with van der Waals surface area (Å²) in [5, 5.41) is 22.3. The first-order chi connectivity index (χ1) is 18.9. The first kappa shape index (κ1) is 27.2. The van der Waals surface area contributed by atoms with Crippen molar-refractivity contribution in [1.29, 1.82) is 0 Å². The van der Waals surface area contributed by atoms with Crippen LogP contribution >= 0.6 is 0 Å². The largest absolute Gasteiger partial charge is 0.387 e. The number of aliphatic hydroxyl groups is 2. The average molecular weight is 545 g/mol. The number of fused-ring (bicyclic) bond motifs is 4. The Morgan fingerprint density at radius 2 is 1.49 bits per heavy atom. The third-order valence-electron chi connectivity index (χ3n) is 7.47. The van der Waals surface area contributed by atoms with E-state index in [1.807, 2.05) is 74.5 Å². The van der Waals surface area contributed by atoms with E-state index in [4.69, 9.17) is 37.9 Å². The number of aliphatic hydroxyl groups excluding tert-OH is 2. The third kappa shape index (κ3) is 5.91. The van der Waals surface area contributed by atoms with Crippen LogP contribution in [0.25, 0.3) is 0 Å². The summed E-state index contributed by atoms with van der Waals surface area (Å²) in [7, 11) is 0. The number of hydrogen-bond donors (Lipinski definition) is 2. The predicted molar refractivity (Wildman–Crippen MR) is 135 cm³/mol. The van der Waals surface area contributed by atoms with Crippen LogP contribution in [-0.2, 0) is 51.1 Å². The van der Waals surface area contributed by atoms with Gasteiger partial charge in [-0.15, -0.1) is 0 Å². The Kier molecular flexibility index (Phi) is 8.02. The Hall–Kier alpha value is -1.96. The zero-order valence-corrected chi connectivity index (χ0v) is 22.0. The summed E-state index contributed by atoms with van der Waals surface area (Å²) >= 11 is 0. The van der Waals surface area contributed by atoms with Gasteiger partial charge in [-0.2, -0.15) is 0 Å². The second-order valence-corrected chi connectivity index (χ2v) is 10.8. The van der Waals surface area contributed by atoms with E-state index in [-0.39, 0.29) is 13.2 Å². The molecule has 4 saturated heterocycles. The summed E-state index contributed by atoms with van der Waals surface area (Å²) in [6.07, 6.45) is -8.01. The average Bonchev–Trinajstić information content (AvgIpc) is 3.52. The molecule has 2 aromatic carbocycles. The molecule has 2 N–H and O–H groups in total. The molecule has 4 heterocycles. The maximum atomic E-state index is 11.2. The topological polar surface area (TPSA) is 114 Å². The van der Waals surface area contributed by atoms with Crippen molar-refractivity contribution in [1.82, 2.24) is 0 Å². The summed E-state index contributed by atoms with van der Waals surface area (Å²) in [5.74, 6) is -0.843. The molecule has 6 rings (SSSR count). The normalized spacial score (nSPS) is 39.0. The van der Waals surface area contributed by atoms with Crippen molar-refractivity contribution in [3.63, 3.8) is 0 Å². The fraction of sp³-hybridized carbons (Fsp3) is 0.586. The molecule has 10 nitrogen and oxygen atoms in total. The van der Waals surface area contributed by atoms with Gasteiger partial charge in [0.15, 0.2) is 18.4 Å². The Morgan fingerprint density at radius 3 is 2.21 bits per heavy atom. The Morgan fingerprint density at radius 1 is 0.821 bits per heavy atom. The van der Waals surface area contributed by atoms with E-state index in [0.717, 1.165) is 11.1 Å². The fourth-order valence-electron chi connectivity index (χ4n) is 5.59. The zero-order valence-electron chi connectivity index (χ0n) is 22.0. The minimum absolute atomic E-state index is 0.118. The van der Waals surface area contributed by atoms with Crippen molar-refractivity contribution in [2.45, 2.75) is 94.3 Å². The lowest BCUT2D eigenvalue weighted by atomic mass is 9.97. The van der Waals surface area contributed by atoms with Gasteiger partial charge in [0.1, 0.15) is 48.8 Å². The fourth-order valence-corrected chi connectivity index (χ4v) is 5.59. The standard InChI is InChI=1S/C29H36O10/c1-29(2)38-25-24(20-16-34-28(36-20)26(25)39-29)37-27-22(31)21(30)23(33-14-18-11-7-4-8-12-18)19(35-27)15-32-13-17-9-5-3-6-10-17/h3-12,19-28,30-31H,13-16H2,1-2H3/t19-,20-,21-,22-,23-,24-,25+,26+,27+,28-/m1/s1. The number of ether oxygens (including phenoxy) is 8. The Labute approximate surface area is 227 Å². The highest BCUT2D eigenvalue weighted by atomic mass is 16.8. The summed E-state index contributed by atoms with van der Waals surface area (Å²) < 4.78 is 48.5. The molecule has 0 amide bonds. The van der Waals surface area contributed by atoms with E-state index in [1.54, 1.807) is 0 Å². The molecule has 0 aromatic heterocycles. The zero-order chi connectivity index (χ0) is 27.0. The van der Waals surface area contributed by atoms with Crippen LogP contribution in [0, 0.1) is 0 Å². The maximum Gasteiger partial charge on any atom is 0.187 e. The highest BCUT2D eigenvalue weighted by Gasteiger charge is 2.60. The van der Waals surface area contributed by atoms with E-state index >= 15 is 0 Å². The van der Waals surface area contributed by atoms with Gasteiger partial charge in [-0.05, 0) is 25.0 Å². The highest BCUT2D eigenvalue weighted by Crippen LogP contribution is 2.42. The number of rotatable bonds is 9. The van der Waals surface area contributed by atoms with Crippen LogP contribution in [0.4, 0.5) is 0 Å². The van der Waals surface area contributed by atoms with Gasteiger partial charge in [-0.25, -0.2) is 0 Å². The molecule has 4 aliphatic rings. The number of hydrogen-bond acceptors (Lipinski definition) is 10. The smallest absolute Gasteiger partial charge is 0.187 e. The van der Waals surface area contributed by atoms with E-state index in [1.165, 1.54) is 0 Å². The first-order valence-electron chi connectivity index (χ1n) is 13.4. The van der Waals surface area contributed by atoms with Crippen LogP contribution < -0.4 is 0 Å². The second kappa shape index (κ2) is 11.5. The summed E-state index contributed by atoms with van der Waals surface area (Å²) in [5.41, 5.74) is 1.94. The van der Waals surface area contributed by atoms with Crippen molar-refractivity contribution in [3.05, 3.63) is 71.8 Å². The van der Waals surface area contributed by atoms with E-state index in [0.29, 0.717) is 13.2 Å². The minimum atomic E-state index is -1.38. The molecule has 10 atom stereocenters. The second-order valence-electron chi connectivity index (χ2n) is 10.8. The van der Waals surface area contributed by atoms with Crippen molar-refractivity contribution in [2.24, 2.45) is 0 Å². The molecule has 0 aliphatic carbocycles. The van der Waals surface area contributed by atoms with Crippen LogP contribution in [0.15, 0.2) is 60.7 Å².